The lowest BCUT2D eigenvalue weighted by Gasteiger charge is -2.64. The minimum absolute atomic E-state index is 0.0441. The molecule has 0 heterocycles. The van der Waals surface area contributed by atoms with Crippen LogP contribution in [0.2, 0.25) is 0 Å². The van der Waals surface area contributed by atoms with Crippen molar-refractivity contribution >= 4 is 17.9 Å². The Kier molecular flexibility index (Phi) is 8.95. The van der Waals surface area contributed by atoms with E-state index in [1.165, 1.54) is 20.8 Å². The molecule has 41 heavy (non-hydrogen) atoms. The number of alkyl halides is 2. The van der Waals surface area contributed by atoms with Crippen LogP contribution in [0, 0.1) is 46.3 Å². The van der Waals surface area contributed by atoms with Crippen LogP contribution in [-0.2, 0) is 28.6 Å². The molecule has 0 N–H and O–H groups in total. The van der Waals surface area contributed by atoms with E-state index in [9.17, 15) is 14.4 Å². The second-order valence-corrected chi connectivity index (χ2v) is 15.0. The molecule has 0 unspecified atom stereocenters. The Bertz CT molecular complexity index is 1010. The Labute approximate surface area is 245 Å². The van der Waals surface area contributed by atoms with Crippen LogP contribution >= 0.6 is 0 Å². The van der Waals surface area contributed by atoms with Crippen molar-refractivity contribution in [1.29, 1.82) is 0 Å². The van der Waals surface area contributed by atoms with Gasteiger partial charge in [0.15, 0.2) is 0 Å². The Morgan fingerprint density at radius 3 is 2.07 bits per heavy atom. The van der Waals surface area contributed by atoms with Gasteiger partial charge in [-0.25, -0.2) is 8.78 Å². The molecule has 0 bridgehead atoms. The standard InChI is InChI=1S/C33H52F2O6/c1-19(10-9-15-30(5,6)41-22(4)38)23-11-12-24-28-25(13-16-31(23,24)7)32(8)17-14-27(39-20(2)36)29(40-21(3)37)26(32)18-33(28,34)35/h19,23-29H,9-18H2,1-8H3/t19-,23-,24+,25+,26+,27+,28+,29-,31-,32-/m1/s1. The summed E-state index contributed by atoms with van der Waals surface area (Å²) in [4.78, 5) is 35.3. The maximum atomic E-state index is 16.5. The lowest BCUT2D eigenvalue weighted by Crippen LogP contribution is -2.64. The summed E-state index contributed by atoms with van der Waals surface area (Å²) >= 11 is 0. The van der Waals surface area contributed by atoms with Crippen LogP contribution in [0.5, 0.6) is 0 Å². The molecule has 4 rings (SSSR count). The van der Waals surface area contributed by atoms with E-state index in [-0.39, 0.29) is 29.6 Å². The van der Waals surface area contributed by atoms with E-state index >= 15 is 8.78 Å². The van der Waals surface area contributed by atoms with Gasteiger partial charge in [-0.2, -0.15) is 0 Å². The second kappa shape index (κ2) is 11.4. The van der Waals surface area contributed by atoms with Crippen molar-refractivity contribution in [3.63, 3.8) is 0 Å². The average Bonchev–Trinajstić information content (AvgIpc) is 3.17. The van der Waals surface area contributed by atoms with E-state index < -0.39 is 52.9 Å². The zero-order valence-electron chi connectivity index (χ0n) is 26.4. The number of rotatable bonds is 8. The Balaban J connectivity index is 1.53. The molecule has 4 aliphatic carbocycles. The fourth-order valence-corrected chi connectivity index (χ4v) is 10.3. The van der Waals surface area contributed by atoms with Gasteiger partial charge in [0.05, 0.1) is 0 Å². The maximum Gasteiger partial charge on any atom is 0.303 e. The summed E-state index contributed by atoms with van der Waals surface area (Å²) in [5, 5.41) is 0. The number of ether oxygens (including phenoxy) is 3. The number of carbonyl (C=O) groups is 3. The molecule has 0 aromatic heterocycles. The number of carbonyl (C=O) groups excluding carboxylic acids is 3. The first-order valence-corrected chi connectivity index (χ1v) is 15.8. The summed E-state index contributed by atoms with van der Waals surface area (Å²) in [6.45, 7) is 14.6. The van der Waals surface area contributed by atoms with E-state index in [1.807, 2.05) is 13.8 Å². The molecule has 6 nitrogen and oxygen atoms in total. The fourth-order valence-electron chi connectivity index (χ4n) is 10.3. The minimum Gasteiger partial charge on any atom is -0.460 e. The van der Waals surface area contributed by atoms with Crippen LogP contribution in [0.4, 0.5) is 8.78 Å². The van der Waals surface area contributed by atoms with Crippen molar-refractivity contribution in [2.45, 2.75) is 143 Å². The molecule has 0 radical (unpaired) electrons. The third-order valence-electron chi connectivity index (χ3n) is 11.9. The molecule has 0 aromatic rings. The molecule has 0 saturated heterocycles. The van der Waals surface area contributed by atoms with Gasteiger partial charge in [0, 0.05) is 39.0 Å². The van der Waals surface area contributed by atoms with Crippen LogP contribution in [-0.4, -0.2) is 41.6 Å². The SMILES string of the molecule is CC(=O)O[C@H]1[C@@H](OC(C)=O)CC[C@@]2(C)[C@H]1CC(F)(F)[C@@H]1[C@@H]2CC[C@]2(C)[C@@H]([C@H](C)CCCC(C)(C)OC(C)=O)CC[C@@H]12. The van der Waals surface area contributed by atoms with Gasteiger partial charge in [-0.1, -0.05) is 27.2 Å². The predicted octanol–water partition coefficient (Wildman–Crippen LogP) is 7.51. The third kappa shape index (κ3) is 6.18. The predicted molar refractivity (Wildman–Crippen MR) is 151 cm³/mol. The lowest BCUT2D eigenvalue weighted by atomic mass is 9.43. The molecule has 4 fully saturated rings. The normalized spacial score (nSPS) is 40.4. The van der Waals surface area contributed by atoms with E-state index in [1.54, 1.807) is 0 Å². The highest BCUT2D eigenvalue weighted by molar-refractivity contribution is 5.67. The minimum atomic E-state index is -2.89. The third-order valence-corrected chi connectivity index (χ3v) is 11.9. The molecule has 0 spiro atoms. The first-order valence-electron chi connectivity index (χ1n) is 15.8. The van der Waals surface area contributed by atoms with Crippen LogP contribution < -0.4 is 0 Å². The molecular weight excluding hydrogens is 530 g/mol. The molecular formula is C33H52F2O6. The van der Waals surface area contributed by atoms with Crippen molar-refractivity contribution in [1.82, 2.24) is 0 Å². The van der Waals surface area contributed by atoms with Gasteiger partial charge in [0.2, 0.25) is 0 Å². The van der Waals surface area contributed by atoms with E-state index in [0.717, 1.165) is 44.9 Å². The fraction of sp³-hybridized carbons (Fsp3) is 0.909. The Hall–Kier alpha value is -1.73. The summed E-state index contributed by atoms with van der Waals surface area (Å²) in [6.07, 6.45) is 5.52. The summed E-state index contributed by atoms with van der Waals surface area (Å²) in [5.74, 6) is -4.82. The highest BCUT2D eigenvalue weighted by Gasteiger charge is 2.70. The van der Waals surface area contributed by atoms with Crippen molar-refractivity contribution in [2.24, 2.45) is 46.3 Å². The number of hydrogen-bond donors (Lipinski definition) is 0. The maximum absolute atomic E-state index is 16.5. The average molecular weight is 583 g/mol. The first kappa shape index (κ1) is 32.2. The van der Waals surface area contributed by atoms with Crippen molar-refractivity contribution in [3.05, 3.63) is 0 Å². The molecule has 234 valence electrons. The Morgan fingerprint density at radius 1 is 0.854 bits per heavy atom. The second-order valence-electron chi connectivity index (χ2n) is 15.0. The molecule has 4 aliphatic rings. The highest BCUT2D eigenvalue weighted by Crippen LogP contribution is 2.71. The summed E-state index contributed by atoms with van der Waals surface area (Å²) in [5.41, 5.74) is -1.04. The lowest BCUT2D eigenvalue weighted by molar-refractivity contribution is -0.263. The molecule has 4 saturated carbocycles. The van der Waals surface area contributed by atoms with Gasteiger partial charge in [0.25, 0.3) is 5.92 Å². The van der Waals surface area contributed by atoms with Gasteiger partial charge < -0.3 is 14.2 Å². The van der Waals surface area contributed by atoms with Crippen LogP contribution in [0.15, 0.2) is 0 Å². The number of fused-ring (bicyclic) bond motifs is 5. The van der Waals surface area contributed by atoms with E-state index in [0.29, 0.717) is 24.7 Å². The number of halogens is 2. The van der Waals surface area contributed by atoms with Gasteiger partial charge in [0.1, 0.15) is 17.8 Å². The van der Waals surface area contributed by atoms with E-state index in [2.05, 4.69) is 20.8 Å². The molecule has 10 atom stereocenters. The van der Waals surface area contributed by atoms with Gasteiger partial charge in [-0.3, -0.25) is 14.4 Å². The smallest absolute Gasteiger partial charge is 0.303 e. The van der Waals surface area contributed by atoms with Crippen molar-refractivity contribution in [2.75, 3.05) is 0 Å². The molecule has 0 aromatic carbocycles. The largest absolute Gasteiger partial charge is 0.460 e. The zero-order valence-corrected chi connectivity index (χ0v) is 26.4. The van der Waals surface area contributed by atoms with Gasteiger partial charge >= 0.3 is 17.9 Å². The summed E-state index contributed by atoms with van der Waals surface area (Å²) in [6, 6.07) is 0. The van der Waals surface area contributed by atoms with Crippen LogP contribution in [0.25, 0.3) is 0 Å². The summed E-state index contributed by atoms with van der Waals surface area (Å²) < 4.78 is 49.6. The number of esters is 3. The number of hydrogen-bond acceptors (Lipinski definition) is 6. The highest BCUT2D eigenvalue weighted by atomic mass is 19.3. The van der Waals surface area contributed by atoms with Gasteiger partial charge in [-0.15, -0.1) is 0 Å². The van der Waals surface area contributed by atoms with Crippen molar-refractivity contribution < 1.29 is 37.4 Å². The monoisotopic (exact) mass is 582 g/mol. The first-order chi connectivity index (χ1) is 18.9. The molecule has 0 amide bonds. The van der Waals surface area contributed by atoms with Gasteiger partial charge in [-0.05, 0) is 99.7 Å². The van der Waals surface area contributed by atoms with Crippen molar-refractivity contribution in [3.8, 4) is 0 Å². The molecule has 8 heteroatoms. The van der Waals surface area contributed by atoms with E-state index in [4.69, 9.17) is 14.2 Å². The Morgan fingerprint density at radius 2 is 1.46 bits per heavy atom. The quantitative estimate of drug-likeness (QED) is 0.218. The van der Waals surface area contributed by atoms with Crippen LogP contribution in [0.1, 0.15) is 120 Å². The summed E-state index contributed by atoms with van der Waals surface area (Å²) in [7, 11) is 0. The molecule has 0 aliphatic heterocycles. The van der Waals surface area contributed by atoms with Crippen LogP contribution in [0.3, 0.4) is 0 Å². The topological polar surface area (TPSA) is 78.9 Å². The zero-order chi connectivity index (χ0) is 30.5.